The minimum absolute atomic E-state index is 0.0213. The highest BCUT2D eigenvalue weighted by Crippen LogP contribution is 2.31. The normalized spacial score (nSPS) is 11.8. The van der Waals surface area contributed by atoms with Crippen LogP contribution in [0.3, 0.4) is 0 Å². The van der Waals surface area contributed by atoms with E-state index in [2.05, 4.69) is 25.3 Å². The average molecular weight is 530 g/mol. The Morgan fingerprint density at radius 1 is 0.974 bits per heavy atom. The molecular formula is C24H39N11O3. The van der Waals surface area contributed by atoms with E-state index in [1.54, 1.807) is 0 Å². The molecule has 14 heteroatoms. The van der Waals surface area contributed by atoms with E-state index in [0.29, 0.717) is 38.8 Å². The van der Waals surface area contributed by atoms with Crippen LogP contribution >= 0.6 is 0 Å². The molecule has 2 aromatic rings. The van der Waals surface area contributed by atoms with Gasteiger partial charge in [0.2, 0.25) is 5.91 Å². The van der Waals surface area contributed by atoms with Crippen LogP contribution in [0.25, 0.3) is 10.9 Å². The van der Waals surface area contributed by atoms with Gasteiger partial charge in [0.1, 0.15) is 6.04 Å². The lowest BCUT2D eigenvalue weighted by Crippen LogP contribution is -2.47. The van der Waals surface area contributed by atoms with E-state index in [4.69, 9.17) is 39.1 Å². The van der Waals surface area contributed by atoms with Crippen LogP contribution in [0.5, 0.6) is 0 Å². The molecule has 0 aliphatic carbocycles. The number of nitrogens with two attached hydrogens (primary N) is 6. The van der Waals surface area contributed by atoms with Crippen LogP contribution in [-0.2, 0) is 20.7 Å². The summed E-state index contributed by atoms with van der Waals surface area (Å²) in [7, 11) is 1.30. The van der Waals surface area contributed by atoms with Crippen LogP contribution in [0, 0.1) is 5.41 Å². The van der Waals surface area contributed by atoms with Crippen molar-refractivity contribution in [2.24, 2.45) is 54.8 Å². The monoisotopic (exact) mass is 529 g/mol. The quantitative estimate of drug-likeness (QED) is 0.0591. The molecule has 14 nitrogen and oxygen atoms in total. The second kappa shape index (κ2) is 14.3. The van der Waals surface area contributed by atoms with Gasteiger partial charge in [0.05, 0.1) is 12.5 Å². The summed E-state index contributed by atoms with van der Waals surface area (Å²) in [5.41, 5.74) is 33.7. The van der Waals surface area contributed by atoms with E-state index >= 15 is 0 Å². The third-order valence-corrected chi connectivity index (χ3v) is 6.13. The number of rotatable bonds is 15. The number of hydrogen-bond donors (Lipinski definition) is 8. The molecule has 14 N–H and O–H groups in total. The van der Waals surface area contributed by atoms with Crippen LogP contribution in [0.1, 0.15) is 31.2 Å². The molecule has 0 spiro atoms. The molecule has 1 aromatic heterocycles. The number of fused-ring (bicyclic) bond motifs is 1. The molecule has 0 fully saturated rings. The van der Waals surface area contributed by atoms with Crippen LogP contribution in [0.4, 0.5) is 0 Å². The number of ether oxygens (including phenoxy) is 1. The van der Waals surface area contributed by atoms with Gasteiger partial charge < -0.3 is 49.4 Å². The number of aliphatic imine (C=N–C) groups is 3. The van der Waals surface area contributed by atoms with Crippen LogP contribution in [0.15, 0.2) is 45.4 Å². The highest BCUT2D eigenvalue weighted by atomic mass is 16.5. The molecule has 38 heavy (non-hydrogen) atoms. The molecule has 0 saturated carbocycles. The SMILES string of the molecule is COC(=O)C(CCCN=C(N)N)(CCCN=C(N)N)CNC(=O)C(Cc1c[nH]c2ccccc12)N=C(N)N. The lowest BCUT2D eigenvalue weighted by Gasteiger charge is -2.31. The Balaban J connectivity index is 2.25. The standard InChI is InChI=1S/C24H39N11O3/c1-38-20(37)24(8-4-10-31-21(25)26,9-5-11-32-22(27)28)14-34-19(36)18(35-23(29)30)12-15-13-33-17-7-3-2-6-16(15)17/h2-3,6-7,13,18,33H,4-5,8-12,14H2,1H3,(H,34,36)(H4,25,26,31)(H4,27,28,32)(H4,29,30,35). The van der Waals surface area contributed by atoms with E-state index in [1.165, 1.54) is 7.11 Å². The Morgan fingerprint density at radius 2 is 1.58 bits per heavy atom. The Labute approximate surface area is 221 Å². The van der Waals surface area contributed by atoms with Gasteiger partial charge in [-0.25, -0.2) is 4.99 Å². The number of aromatic nitrogens is 1. The van der Waals surface area contributed by atoms with Crippen LogP contribution in [-0.4, -0.2) is 67.5 Å². The van der Waals surface area contributed by atoms with Crippen molar-refractivity contribution in [1.82, 2.24) is 10.3 Å². The first kappa shape index (κ1) is 29.7. The van der Waals surface area contributed by atoms with Crippen molar-refractivity contribution in [2.45, 2.75) is 38.1 Å². The van der Waals surface area contributed by atoms with Crippen LogP contribution in [0.2, 0.25) is 0 Å². The largest absolute Gasteiger partial charge is 0.469 e. The second-order valence-electron chi connectivity index (χ2n) is 8.94. The van der Waals surface area contributed by atoms with Gasteiger partial charge >= 0.3 is 5.97 Å². The third kappa shape index (κ3) is 8.87. The first-order valence-corrected chi connectivity index (χ1v) is 12.2. The number of hydrogen-bond acceptors (Lipinski definition) is 6. The maximum absolute atomic E-state index is 13.3. The highest BCUT2D eigenvalue weighted by Gasteiger charge is 2.39. The summed E-state index contributed by atoms with van der Waals surface area (Å²) in [6, 6.07) is 6.78. The molecule has 1 unspecified atom stereocenters. The predicted octanol–water partition coefficient (Wildman–Crippen LogP) is -1.26. The number of nitrogens with one attached hydrogen (secondary N) is 2. The van der Waals surface area contributed by atoms with Gasteiger partial charge in [-0.15, -0.1) is 0 Å². The fourth-order valence-electron chi connectivity index (χ4n) is 4.31. The lowest BCUT2D eigenvalue weighted by atomic mass is 9.78. The first-order valence-electron chi connectivity index (χ1n) is 12.2. The lowest BCUT2D eigenvalue weighted by molar-refractivity contribution is -0.154. The summed E-state index contributed by atoms with van der Waals surface area (Å²) >= 11 is 0. The molecule has 0 bridgehead atoms. The van der Waals surface area contributed by atoms with Gasteiger partial charge in [0.25, 0.3) is 0 Å². The van der Waals surface area contributed by atoms with E-state index in [1.807, 2.05) is 30.5 Å². The zero-order valence-corrected chi connectivity index (χ0v) is 21.7. The number of guanidine groups is 3. The van der Waals surface area contributed by atoms with E-state index in [-0.39, 0.29) is 30.8 Å². The van der Waals surface area contributed by atoms with Gasteiger partial charge in [-0.1, -0.05) is 18.2 Å². The fraction of sp³-hybridized carbons (Fsp3) is 0.458. The zero-order chi connectivity index (χ0) is 28.1. The zero-order valence-electron chi connectivity index (χ0n) is 21.7. The Kier molecular flexibility index (Phi) is 11.2. The Hall–Kier alpha value is -4.49. The van der Waals surface area contributed by atoms with E-state index in [0.717, 1.165) is 16.5 Å². The minimum Gasteiger partial charge on any atom is -0.469 e. The molecule has 1 amide bonds. The number of esters is 1. The van der Waals surface area contributed by atoms with Gasteiger partial charge in [-0.2, -0.15) is 0 Å². The topological polar surface area (TPSA) is 264 Å². The summed E-state index contributed by atoms with van der Waals surface area (Å²) in [5.74, 6) is -1.24. The molecule has 1 heterocycles. The fourth-order valence-corrected chi connectivity index (χ4v) is 4.31. The van der Waals surface area contributed by atoms with Gasteiger partial charge in [0, 0.05) is 43.2 Å². The Morgan fingerprint density at radius 3 is 2.13 bits per heavy atom. The van der Waals surface area contributed by atoms with Crippen molar-refractivity contribution < 1.29 is 14.3 Å². The first-order chi connectivity index (χ1) is 18.1. The number of para-hydroxylation sites is 1. The number of methoxy groups -OCH3 is 1. The smallest absolute Gasteiger partial charge is 0.313 e. The molecular weight excluding hydrogens is 490 g/mol. The number of H-pyrrole nitrogens is 1. The molecule has 0 saturated heterocycles. The molecule has 1 aromatic carbocycles. The summed E-state index contributed by atoms with van der Waals surface area (Å²) in [4.78, 5) is 41.7. The number of carbonyl (C=O) groups excluding carboxylic acids is 2. The molecule has 1 atom stereocenters. The summed E-state index contributed by atoms with van der Waals surface area (Å²) < 4.78 is 5.13. The number of nitrogens with zero attached hydrogens (tertiary/aromatic N) is 3. The van der Waals surface area contributed by atoms with Crippen LogP contribution < -0.4 is 39.7 Å². The summed E-state index contributed by atoms with van der Waals surface area (Å²) in [6.45, 7) is 0.590. The average Bonchev–Trinajstić information content (AvgIpc) is 3.28. The number of benzene rings is 1. The van der Waals surface area contributed by atoms with Gasteiger partial charge in [-0.3, -0.25) is 19.6 Å². The maximum Gasteiger partial charge on any atom is 0.313 e. The van der Waals surface area contributed by atoms with E-state index in [9.17, 15) is 9.59 Å². The van der Waals surface area contributed by atoms with Crippen molar-refractivity contribution in [3.63, 3.8) is 0 Å². The number of amides is 1. The van der Waals surface area contributed by atoms with Crippen molar-refractivity contribution in [2.75, 3.05) is 26.7 Å². The molecule has 0 aliphatic rings. The van der Waals surface area contributed by atoms with Crippen molar-refractivity contribution in [3.8, 4) is 0 Å². The maximum atomic E-state index is 13.3. The molecule has 0 radical (unpaired) electrons. The highest BCUT2D eigenvalue weighted by molar-refractivity contribution is 5.89. The molecule has 208 valence electrons. The summed E-state index contributed by atoms with van der Waals surface area (Å²) in [6.07, 6.45) is 3.69. The predicted molar refractivity (Wildman–Crippen MR) is 149 cm³/mol. The number of aromatic amines is 1. The van der Waals surface area contributed by atoms with Gasteiger partial charge in [-0.05, 0) is 37.3 Å². The third-order valence-electron chi connectivity index (χ3n) is 6.13. The van der Waals surface area contributed by atoms with Gasteiger partial charge in [0.15, 0.2) is 17.9 Å². The second-order valence-corrected chi connectivity index (χ2v) is 8.94. The van der Waals surface area contributed by atoms with Crippen molar-refractivity contribution in [1.29, 1.82) is 0 Å². The Bertz CT molecular complexity index is 1140. The van der Waals surface area contributed by atoms with Crippen molar-refractivity contribution >= 4 is 40.7 Å². The minimum atomic E-state index is -1.08. The molecule has 0 aliphatic heterocycles. The molecule has 2 rings (SSSR count). The van der Waals surface area contributed by atoms with Crippen molar-refractivity contribution in [3.05, 3.63) is 36.0 Å². The number of carbonyl (C=O) groups is 2. The van der Waals surface area contributed by atoms with E-state index < -0.39 is 23.3 Å². The summed E-state index contributed by atoms with van der Waals surface area (Å²) in [5, 5.41) is 3.82.